The molecule has 1 amide bonds. The molecule has 0 radical (unpaired) electrons. The number of carbonyl (C=O) groups is 1. The monoisotopic (exact) mass is 258 g/mol. The molecule has 0 fully saturated rings. The van der Waals surface area contributed by atoms with Crippen molar-refractivity contribution in [2.45, 2.75) is 4.90 Å². The van der Waals surface area contributed by atoms with Gasteiger partial charge in [-0.05, 0) is 42.1 Å². The number of rotatable bonds is 3. The second-order valence-electron chi connectivity index (χ2n) is 3.51. The summed E-state index contributed by atoms with van der Waals surface area (Å²) in [7, 11) is 1.71. The maximum absolute atomic E-state index is 11.9. The summed E-state index contributed by atoms with van der Waals surface area (Å²) in [4.78, 5) is 12.7. The van der Waals surface area contributed by atoms with Gasteiger partial charge in [0.2, 0.25) is 0 Å². The Morgan fingerprint density at radius 3 is 2.67 bits per heavy atom. The molecule has 1 aromatic carbocycles. The van der Waals surface area contributed by atoms with Crippen LogP contribution in [0.25, 0.3) is 0 Å². The summed E-state index contributed by atoms with van der Waals surface area (Å²) >= 11 is 1.08. The summed E-state index contributed by atoms with van der Waals surface area (Å²) in [5, 5.41) is 17.2. The van der Waals surface area contributed by atoms with E-state index < -0.39 is 0 Å². The van der Waals surface area contributed by atoms with E-state index in [4.69, 9.17) is 5.26 Å². The number of carbonyl (C=O) groups excluding carboxylic acids is 1. The summed E-state index contributed by atoms with van der Waals surface area (Å²) in [5.41, 5.74) is 1.17. The molecule has 18 heavy (non-hydrogen) atoms. The van der Waals surface area contributed by atoms with Gasteiger partial charge in [-0.3, -0.25) is 9.48 Å². The molecule has 0 saturated carbocycles. The predicted octanol–water partition coefficient (Wildman–Crippen LogP) is 2.25. The number of hydrogen-bond donors (Lipinski definition) is 1. The van der Waals surface area contributed by atoms with E-state index in [0.717, 1.165) is 16.7 Å². The second kappa shape index (κ2) is 5.38. The zero-order valence-corrected chi connectivity index (χ0v) is 10.4. The van der Waals surface area contributed by atoms with Crippen LogP contribution in [0.5, 0.6) is 0 Å². The number of amides is 1. The zero-order valence-electron chi connectivity index (χ0n) is 9.62. The zero-order chi connectivity index (χ0) is 13.0. The van der Waals surface area contributed by atoms with Crippen molar-refractivity contribution in [2.24, 2.45) is 7.05 Å². The Balaban J connectivity index is 2.08. The van der Waals surface area contributed by atoms with Crippen LogP contribution in [-0.2, 0) is 7.05 Å². The van der Waals surface area contributed by atoms with Crippen molar-refractivity contribution in [3.05, 3.63) is 42.2 Å². The number of nitrogens with one attached hydrogen (secondary N) is 1. The highest BCUT2D eigenvalue weighted by atomic mass is 32.2. The van der Waals surface area contributed by atoms with Crippen molar-refractivity contribution in [3.63, 3.8) is 0 Å². The van der Waals surface area contributed by atoms with Crippen LogP contribution in [0.2, 0.25) is 0 Å². The maximum Gasteiger partial charge on any atom is 0.273 e. The quantitative estimate of drug-likeness (QED) is 0.677. The smallest absolute Gasteiger partial charge is 0.273 e. The number of hydrogen-bond acceptors (Lipinski definition) is 4. The molecular weight excluding hydrogens is 248 g/mol. The Kier molecular flexibility index (Phi) is 3.65. The SMILES string of the molecule is Cn1nccc1C(=O)Nc1ccc(SC#N)cc1. The van der Waals surface area contributed by atoms with Gasteiger partial charge < -0.3 is 5.32 Å². The number of thiocyanates is 1. The van der Waals surface area contributed by atoms with Crippen molar-refractivity contribution in [3.8, 4) is 5.40 Å². The number of thioether (sulfide) groups is 1. The van der Waals surface area contributed by atoms with E-state index in [1.165, 1.54) is 4.68 Å². The highest BCUT2D eigenvalue weighted by Gasteiger charge is 2.09. The number of nitriles is 1. The van der Waals surface area contributed by atoms with Gasteiger partial charge in [0.15, 0.2) is 0 Å². The standard InChI is InChI=1S/C12H10N4OS/c1-16-11(6-7-14-16)12(17)15-9-2-4-10(5-3-9)18-8-13/h2-7H,1H3,(H,15,17). The fourth-order valence-corrected chi connectivity index (χ4v) is 1.83. The van der Waals surface area contributed by atoms with Gasteiger partial charge in [0, 0.05) is 23.8 Å². The molecule has 0 aliphatic rings. The van der Waals surface area contributed by atoms with Crippen molar-refractivity contribution >= 4 is 23.4 Å². The first-order valence-electron chi connectivity index (χ1n) is 5.16. The van der Waals surface area contributed by atoms with Crippen molar-refractivity contribution in [1.29, 1.82) is 5.26 Å². The van der Waals surface area contributed by atoms with E-state index in [-0.39, 0.29) is 5.91 Å². The lowest BCUT2D eigenvalue weighted by Gasteiger charge is -2.05. The molecule has 0 unspecified atom stereocenters. The molecule has 0 atom stereocenters. The average Bonchev–Trinajstić information content (AvgIpc) is 2.78. The molecule has 5 nitrogen and oxygen atoms in total. The van der Waals surface area contributed by atoms with Gasteiger partial charge in [0.25, 0.3) is 5.91 Å². The van der Waals surface area contributed by atoms with Crippen LogP contribution in [0.3, 0.4) is 0 Å². The van der Waals surface area contributed by atoms with Crippen LogP contribution in [0.15, 0.2) is 41.4 Å². The highest BCUT2D eigenvalue weighted by Crippen LogP contribution is 2.19. The van der Waals surface area contributed by atoms with Crippen LogP contribution in [0, 0.1) is 10.7 Å². The molecule has 2 rings (SSSR count). The van der Waals surface area contributed by atoms with Gasteiger partial charge in [0.05, 0.1) is 0 Å². The molecule has 6 heteroatoms. The van der Waals surface area contributed by atoms with Crippen LogP contribution < -0.4 is 5.32 Å². The summed E-state index contributed by atoms with van der Waals surface area (Å²) < 4.78 is 1.51. The molecule has 1 N–H and O–H groups in total. The topological polar surface area (TPSA) is 70.7 Å². The van der Waals surface area contributed by atoms with Crippen LogP contribution in [0.4, 0.5) is 5.69 Å². The van der Waals surface area contributed by atoms with Gasteiger partial charge in [-0.2, -0.15) is 10.4 Å². The molecule has 2 aromatic rings. The van der Waals surface area contributed by atoms with Crippen molar-refractivity contribution < 1.29 is 4.79 Å². The lowest BCUT2D eigenvalue weighted by molar-refractivity contribution is 0.101. The number of benzene rings is 1. The number of aryl methyl sites for hydroxylation is 1. The molecule has 0 bridgehead atoms. The largest absolute Gasteiger partial charge is 0.321 e. The van der Waals surface area contributed by atoms with Gasteiger partial charge in [-0.1, -0.05) is 0 Å². The third-order valence-corrected chi connectivity index (χ3v) is 2.93. The minimum atomic E-state index is -0.212. The summed E-state index contributed by atoms with van der Waals surface area (Å²) in [6, 6.07) is 8.73. The minimum absolute atomic E-state index is 0.212. The molecular formula is C12H10N4OS. The fourth-order valence-electron chi connectivity index (χ4n) is 1.45. The first-order valence-corrected chi connectivity index (χ1v) is 5.97. The van der Waals surface area contributed by atoms with Gasteiger partial charge in [-0.25, -0.2) is 0 Å². The predicted molar refractivity (Wildman–Crippen MR) is 69.1 cm³/mol. The molecule has 1 aromatic heterocycles. The van der Waals surface area contributed by atoms with E-state index in [1.54, 1.807) is 43.6 Å². The molecule has 0 saturated heterocycles. The van der Waals surface area contributed by atoms with Gasteiger partial charge in [0.1, 0.15) is 11.1 Å². The Bertz CT molecular complexity index is 597. The lowest BCUT2D eigenvalue weighted by Crippen LogP contribution is -2.15. The highest BCUT2D eigenvalue weighted by molar-refractivity contribution is 8.03. The maximum atomic E-state index is 11.9. The molecule has 0 aliphatic heterocycles. The van der Waals surface area contributed by atoms with E-state index in [1.807, 2.05) is 5.40 Å². The summed E-state index contributed by atoms with van der Waals surface area (Å²) in [6.45, 7) is 0. The Morgan fingerprint density at radius 2 is 2.11 bits per heavy atom. The normalized spacial score (nSPS) is 9.78. The minimum Gasteiger partial charge on any atom is -0.321 e. The number of aromatic nitrogens is 2. The van der Waals surface area contributed by atoms with E-state index >= 15 is 0 Å². The molecule has 90 valence electrons. The van der Waals surface area contributed by atoms with Crippen LogP contribution in [-0.4, -0.2) is 15.7 Å². The Hall–Kier alpha value is -2.26. The third-order valence-electron chi connectivity index (χ3n) is 2.33. The summed E-state index contributed by atoms with van der Waals surface area (Å²) in [6.07, 6.45) is 1.57. The van der Waals surface area contributed by atoms with Crippen LogP contribution >= 0.6 is 11.8 Å². The fraction of sp³-hybridized carbons (Fsp3) is 0.0833. The van der Waals surface area contributed by atoms with Crippen molar-refractivity contribution in [2.75, 3.05) is 5.32 Å². The average molecular weight is 258 g/mol. The van der Waals surface area contributed by atoms with E-state index in [2.05, 4.69) is 10.4 Å². The number of anilines is 1. The van der Waals surface area contributed by atoms with Crippen molar-refractivity contribution in [1.82, 2.24) is 9.78 Å². The first-order chi connectivity index (χ1) is 8.70. The first kappa shape index (κ1) is 12.2. The Labute approximate surface area is 108 Å². The Morgan fingerprint density at radius 1 is 1.39 bits per heavy atom. The van der Waals surface area contributed by atoms with E-state index in [9.17, 15) is 4.79 Å². The summed E-state index contributed by atoms with van der Waals surface area (Å²) in [5.74, 6) is -0.212. The third kappa shape index (κ3) is 2.70. The van der Waals surface area contributed by atoms with Gasteiger partial charge in [-0.15, -0.1) is 0 Å². The van der Waals surface area contributed by atoms with E-state index in [0.29, 0.717) is 11.4 Å². The second-order valence-corrected chi connectivity index (χ2v) is 4.37. The number of nitrogens with zero attached hydrogens (tertiary/aromatic N) is 3. The molecule has 0 aliphatic carbocycles. The lowest BCUT2D eigenvalue weighted by atomic mass is 10.3. The van der Waals surface area contributed by atoms with Crippen LogP contribution in [0.1, 0.15) is 10.5 Å². The molecule has 0 spiro atoms. The molecule has 1 heterocycles. The van der Waals surface area contributed by atoms with Gasteiger partial charge >= 0.3 is 0 Å².